The maximum Gasteiger partial charge on any atom is 0.261 e. The van der Waals surface area contributed by atoms with Crippen LogP contribution < -0.4 is 5.56 Å². The molecule has 0 fully saturated rings. The number of benzene rings is 2. The number of hydrogen-bond acceptors (Lipinski definition) is 3. The summed E-state index contributed by atoms with van der Waals surface area (Å²) in [5.74, 6) is 0.662. The highest BCUT2D eigenvalue weighted by Gasteiger charge is 2.25. The van der Waals surface area contributed by atoms with Gasteiger partial charge in [0.2, 0.25) is 5.91 Å². The SMILES string of the molecule is CCCN(C(=O)CCc1ccccc1)C(C)c1nc2cc(Cl)ccc2c(=O)n1CC. The Balaban J connectivity index is 1.94. The van der Waals surface area contributed by atoms with Gasteiger partial charge in [-0.05, 0) is 50.5 Å². The van der Waals surface area contributed by atoms with Gasteiger partial charge in [-0.3, -0.25) is 14.2 Å². The fraction of sp³-hybridized carbons (Fsp3) is 0.375. The van der Waals surface area contributed by atoms with Gasteiger partial charge in [0.05, 0.1) is 16.9 Å². The zero-order valence-corrected chi connectivity index (χ0v) is 18.5. The van der Waals surface area contributed by atoms with Crippen LogP contribution in [-0.2, 0) is 17.8 Å². The molecular formula is C24H28ClN3O2. The monoisotopic (exact) mass is 425 g/mol. The number of nitrogens with zero attached hydrogens (tertiary/aromatic N) is 3. The molecule has 2 aromatic carbocycles. The predicted octanol–water partition coefficient (Wildman–Crippen LogP) is 5.00. The number of aromatic nitrogens is 2. The summed E-state index contributed by atoms with van der Waals surface area (Å²) in [7, 11) is 0. The molecule has 0 saturated heterocycles. The summed E-state index contributed by atoms with van der Waals surface area (Å²) in [6.45, 7) is 7.01. The lowest BCUT2D eigenvalue weighted by Crippen LogP contribution is -2.38. The molecule has 1 unspecified atom stereocenters. The second-order valence-corrected chi connectivity index (χ2v) is 7.87. The molecule has 3 rings (SSSR count). The van der Waals surface area contributed by atoms with Gasteiger partial charge in [0, 0.05) is 24.5 Å². The molecule has 1 atom stereocenters. The first-order valence-electron chi connectivity index (χ1n) is 10.5. The van der Waals surface area contributed by atoms with E-state index in [2.05, 4.69) is 0 Å². The van der Waals surface area contributed by atoms with E-state index in [-0.39, 0.29) is 17.5 Å². The van der Waals surface area contributed by atoms with E-state index in [1.807, 2.05) is 56.0 Å². The van der Waals surface area contributed by atoms with E-state index in [9.17, 15) is 9.59 Å². The lowest BCUT2D eigenvalue weighted by molar-refractivity contribution is -0.133. The molecule has 158 valence electrons. The summed E-state index contributed by atoms with van der Waals surface area (Å²) in [4.78, 5) is 32.7. The molecule has 0 N–H and O–H groups in total. The Morgan fingerprint density at radius 3 is 2.57 bits per heavy atom. The molecule has 1 aromatic heterocycles. The molecule has 0 aliphatic rings. The quantitative estimate of drug-likeness (QED) is 0.510. The molecule has 0 radical (unpaired) electrons. The Bertz CT molecular complexity index is 1080. The van der Waals surface area contributed by atoms with Crippen molar-refractivity contribution in [3.05, 3.63) is 75.3 Å². The average molecular weight is 426 g/mol. The van der Waals surface area contributed by atoms with E-state index in [4.69, 9.17) is 16.6 Å². The Morgan fingerprint density at radius 1 is 1.17 bits per heavy atom. The fourth-order valence-electron chi connectivity index (χ4n) is 3.79. The van der Waals surface area contributed by atoms with Gasteiger partial charge >= 0.3 is 0 Å². The summed E-state index contributed by atoms with van der Waals surface area (Å²) >= 11 is 6.13. The van der Waals surface area contributed by atoms with E-state index in [1.54, 1.807) is 22.8 Å². The van der Waals surface area contributed by atoms with Crippen LogP contribution in [-0.4, -0.2) is 26.9 Å². The minimum Gasteiger partial charge on any atom is -0.333 e. The smallest absolute Gasteiger partial charge is 0.261 e. The molecule has 1 heterocycles. The molecule has 6 heteroatoms. The number of rotatable bonds is 8. The van der Waals surface area contributed by atoms with Crippen LogP contribution in [0.1, 0.15) is 51.0 Å². The predicted molar refractivity (Wildman–Crippen MR) is 122 cm³/mol. The maximum atomic E-state index is 13.1. The molecule has 0 saturated carbocycles. The van der Waals surface area contributed by atoms with Gasteiger partial charge in [0.1, 0.15) is 5.82 Å². The number of amides is 1. The topological polar surface area (TPSA) is 55.2 Å². The molecule has 0 bridgehead atoms. The third-order valence-corrected chi connectivity index (χ3v) is 5.59. The molecule has 3 aromatic rings. The van der Waals surface area contributed by atoms with Crippen LogP contribution in [0.3, 0.4) is 0 Å². The highest BCUT2D eigenvalue weighted by atomic mass is 35.5. The molecule has 0 aliphatic heterocycles. The Hall–Kier alpha value is -2.66. The van der Waals surface area contributed by atoms with Crippen LogP contribution in [0.4, 0.5) is 0 Å². The summed E-state index contributed by atoms with van der Waals surface area (Å²) in [5, 5.41) is 1.07. The first-order chi connectivity index (χ1) is 14.5. The van der Waals surface area contributed by atoms with Gasteiger partial charge in [-0.25, -0.2) is 4.98 Å². The second-order valence-electron chi connectivity index (χ2n) is 7.43. The van der Waals surface area contributed by atoms with Crippen molar-refractivity contribution in [1.29, 1.82) is 0 Å². The standard InChI is InChI=1S/C24H28ClN3O2/c1-4-15-28(22(29)14-11-18-9-7-6-8-10-18)17(3)23-26-21-16-19(25)12-13-20(21)24(30)27(23)5-2/h6-10,12-13,16-17H,4-5,11,14-15H2,1-3H3. The second kappa shape index (κ2) is 9.90. The molecular weight excluding hydrogens is 398 g/mol. The Labute approximate surface area is 182 Å². The Morgan fingerprint density at radius 2 is 1.90 bits per heavy atom. The van der Waals surface area contributed by atoms with Crippen LogP contribution in [0, 0.1) is 0 Å². The van der Waals surface area contributed by atoms with Crippen LogP contribution in [0.25, 0.3) is 10.9 Å². The van der Waals surface area contributed by atoms with E-state index in [0.29, 0.717) is 47.7 Å². The van der Waals surface area contributed by atoms with Gasteiger partial charge in [0.15, 0.2) is 0 Å². The number of carbonyl (C=O) groups excluding carboxylic acids is 1. The average Bonchev–Trinajstić information content (AvgIpc) is 2.75. The van der Waals surface area contributed by atoms with Crippen LogP contribution in [0.5, 0.6) is 0 Å². The first-order valence-corrected chi connectivity index (χ1v) is 10.9. The molecule has 0 spiro atoms. The van der Waals surface area contributed by atoms with Crippen molar-refractivity contribution in [2.24, 2.45) is 0 Å². The number of aryl methyl sites for hydroxylation is 1. The van der Waals surface area contributed by atoms with Crippen LogP contribution in [0.2, 0.25) is 5.02 Å². The van der Waals surface area contributed by atoms with Crippen molar-refractivity contribution in [3.8, 4) is 0 Å². The third kappa shape index (κ3) is 4.73. The summed E-state index contributed by atoms with van der Waals surface area (Å²) < 4.78 is 1.66. The van der Waals surface area contributed by atoms with Crippen molar-refractivity contribution < 1.29 is 4.79 Å². The highest BCUT2D eigenvalue weighted by molar-refractivity contribution is 6.31. The number of fused-ring (bicyclic) bond motifs is 1. The van der Waals surface area contributed by atoms with Crippen LogP contribution in [0.15, 0.2) is 53.3 Å². The highest BCUT2D eigenvalue weighted by Crippen LogP contribution is 2.23. The molecule has 30 heavy (non-hydrogen) atoms. The van der Waals surface area contributed by atoms with E-state index in [1.165, 1.54) is 0 Å². The third-order valence-electron chi connectivity index (χ3n) is 5.36. The molecule has 1 amide bonds. The number of halogens is 1. The zero-order chi connectivity index (χ0) is 21.7. The normalized spacial score (nSPS) is 12.1. The Kier molecular flexibility index (Phi) is 7.27. The van der Waals surface area contributed by atoms with Gasteiger partial charge < -0.3 is 4.90 Å². The van der Waals surface area contributed by atoms with Crippen molar-refractivity contribution in [3.63, 3.8) is 0 Å². The van der Waals surface area contributed by atoms with Gasteiger partial charge in [-0.1, -0.05) is 48.9 Å². The minimum atomic E-state index is -0.316. The summed E-state index contributed by atoms with van der Waals surface area (Å²) in [6, 6.07) is 14.8. The largest absolute Gasteiger partial charge is 0.333 e. The summed E-state index contributed by atoms with van der Waals surface area (Å²) in [5.41, 5.74) is 1.60. The molecule has 0 aliphatic carbocycles. The fourth-order valence-corrected chi connectivity index (χ4v) is 3.96. The first kappa shape index (κ1) is 22.0. The van der Waals surface area contributed by atoms with E-state index >= 15 is 0 Å². The lowest BCUT2D eigenvalue weighted by atomic mass is 10.1. The lowest BCUT2D eigenvalue weighted by Gasteiger charge is -2.30. The van der Waals surface area contributed by atoms with Gasteiger partial charge in [0.25, 0.3) is 5.56 Å². The number of hydrogen-bond donors (Lipinski definition) is 0. The van der Waals surface area contributed by atoms with Gasteiger partial charge in [-0.2, -0.15) is 0 Å². The zero-order valence-electron chi connectivity index (χ0n) is 17.8. The van der Waals surface area contributed by atoms with E-state index in [0.717, 1.165) is 12.0 Å². The van der Waals surface area contributed by atoms with Crippen molar-refractivity contribution in [2.75, 3.05) is 6.54 Å². The van der Waals surface area contributed by atoms with Crippen LogP contribution >= 0.6 is 11.6 Å². The van der Waals surface area contributed by atoms with E-state index < -0.39 is 0 Å². The van der Waals surface area contributed by atoms with Crippen molar-refractivity contribution in [2.45, 2.75) is 52.6 Å². The number of carbonyl (C=O) groups is 1. The van der Waals surface area contributed by atoms with Crippen molar-refractivity contribution in [1.82, 2.24) is 14.5 Å². The van der Waals surface area contributed by atoms with Crippen molar-refractivity contribution >= 4 is 28.4 Å². The minimum absolute atomic E-state index is 0.0660. The maximum absolute atomic E-state index is 13.1. The molecule has 5 nitrogen and oxygen atoms in total. The summed E-state index contributed by atoms with van der Waals surface area (Å²) in [6.07, 6.45) is 1.94. The van der Waals surface area contributed by atoms with Gasteiger partial charge in [-0.15, -0.1) is 0 Å².